The summed E-state index contributed by atoms with van der Waals surface area (Å²) in [5.74, 6) is -5.87. The van der Waals surface area contributed by atoms with Gasteiger partial charge in [-0.2, -0.15) is 0 Å². The van der Waals surface area contributed by atoms with E-state index in [1.54, 1.807) is 0 Å². The van der Waals surface area contributed by atoms with Crippen molar-refractivity contribution < 1.29 is 39.9 Å². The van der Waals surface area contributed by atoms with Gasteiger partial charge in [0.05, 0.1) is 6.42 Å². The minimum atomic E-state index is -3.22. The molecule has 10 heteroatoms. The second-order valence-corrected chi connectivity index (χ2v) is 2.54. The molecule has 0 aliphatic rings. The average Bonchev–Trinajstić information content (AvgIpc) is 2.00. The summed E-state index contributed by atoms with van der Waals surface area (Å²) in [6.45, 7) is 0. The van der Waals surface area contributed by atoms with E-state index in [4.69, 9.17) is 25.5 Å². The van der Waals surface area contributed by atoms with E-state index >= 15 is 0 Å². The summed E-state index contributed by atoms with van der Waals surface area (Å²) < 4.78 is 0. The third kappa shape index (κ3) is 4.80. The fourth-order valence-corrected chi connectivity index (χ4v) is 0.724. The zero-order valence-corrected chi connectivity index (χ0v) is 13.7. The monoisotopic (exact) mass is 437 g/mol. The first-order valence-electron chi connectivity index (χ1n) is 3.30. The molecule has 2 atom stereocenters. The maximum absolute atomic E-state index is 10.4. The molecule has 0 radical (unpaired) electrons. The molecule has 0 bridgehead atoms. The molecule has 0 amide bonds. The number of hydrogen-bond donors (Lipinski definition) is 6. The number of hydrogen-bond acceptors (Lipinski definition) is 6. The molecule has 96 valence electrons. The van der Waals surface area contributed by atoms with Crippen LogP contribution in [0.4, 0.5) is 0 Å². The second-order valence-electron chi connectivity index (χ2n) is 2.54. The molecule has 0 saturated heterocycles. The molecule has 0 rings (SSSR count). The van der Waals surface area contributed by atoms with E-state index in [0.29, 0.717) is 0 Å². The van der Waals surface area contributed by atoms with E-state index in [0.717, 1.165) is 0 Å². The van der Waals surface area contributed by atoms with Crippen LogP contribution in [0.5, 0.6) is 0 Å². The summed E-state index contributed by atoms with van der Waals surface area (Å²) in [6.07, 6.45) is -4.11. The number of aliphatic hydroxyl groups excluding tert-OH is 1. The standard InChI is InChI=1S/C6H8O8.Bi.H3N.3H/c7-2(8)1-6(14,5(12)13)3(9)4(10)11;;;;;/h3,9,14H,1H2,(H,7,8)(H,10,11)(H,12,13);;1H3;;;. The van der Waals surface area contributed by atoms with Gasteiger partial charge in [-0.3, -0.25) is 4.79 Å². The summed E-state index contributed by atoms with van der Waals surface area (Å²) in [6, 6.07) is 0. The normalized spacial score (nSPS) is 14.6. The molecule has 0 fully saturated rings. The maximum atomic E-state index is 10.4. The molecule has 16 heavy (non-hydrogen) atoms. The first kappa shape index (κ1) is 20.6. The Kier molecular flexibility index (Phi) is 9.57. The predicted molar refractivity (Wildman–Crippen MR) is 53.4 cm³/mol. The van der Waals surface area contributed by atoms with Crippen molar-refractivity contribution in [2.24, 2.45) is 0 Å². The van der Waals surface area contributed by atoms with Crippen LogP contribution in [0.15, 0.2) is 0 Å². The number of rotatable bonds is 5. The van der Waals surface area contributed by atoms with Crippen molar-refractivity contribution in [3.63, 3.8) is 0 Å². The SMILES string of the molecule is N.O=C(O)CC(O)(C(=O)O)C(O)C(=O)O.[BiH3]. The second kappa shape index (κ2) is 7.45. The summed E-state index contributed by atoms with van der Waals surface area (Å²) in [5, 5.41) is 42.6. The van der Waals surface area contributed by atoms with Crippen molar-refractivity contribution in [2.75, 3.05) is 0 Å². The first-order chi connectivity index (χ1) is 6.21. The Bertz CT molecular complexity index is 282. The van der Waals surface area contributed by atoms with Crippen LogP contribution in [-0.2, 0) is 14.4 Å². The number of carboxylic acids is 3. The minimum absolute atomic E-state index is 0. The molecule has 8 N–H and O–H groups in total. The molecule has 0 aromatic carbocycles. The summed E-state index contributed by atoms with van der Waals surface area (Å²) in [7, 11) is 0. The van der Waals surface area contributed by atoms with Crippen LogP contribution in [0.2, 0.25) is 0 Å². The first-order valence-corrected chi connectivity index (χ1v) is 3.30. The zero-order chi connectivity index (χ0) is 11.5. The van der Waals surface area contributed by atoms with Crippen molar-refractivity contribution >= 4 is 44.1 Å². The number of carboxylic acid groups (broad SMARTS) is 3. The number of aliphatic carboxylic acids is 3. The number of aliphatic hydroxyl groups is 2. The van der Waals surface area contributed by atoms with Gasteiger partial charge in [-0.1, -0.05) is 0 Å². The van der Waals surface area contributed by atoms with Gasteiger partial charge in [0.2, 0.25) is 5.60 Å². The van der Waals surface area contributed by atoms with Crippen LogP contribution in [0, 0.1) is 0 Å². The van der Waals surface area contributed by atoms with Gasteiger partial charge in [-0.25, -0.2) is 9.59 Å². The Labute approximate surface area is 108 Å². The number of carbonyl (C=O) groups is 3. The van der Waals surface area contributed by atoms with Crippen LogP contribution < -0.4 is 6.15 Å². The predicted octanol–water partition coefficient (Wildman–Crippen LogP) is -3.30. The molecule has 0 aromatic rings. The molecule has 0 aliphatic heterocycles. The van der Waals surface area contributed by atoms with Gasteiger partial charge in [0, 0.05) is 0 Å². The molecule has 2 unspecified atom stereocenters. The summed E-state index contributed by atoms with van der Waals surface area (Å²) >= 11 is 0. The van der Waals surface area contributed by atoms with Crippen molar-refractivity contribution in [1.82, 2.24) is 6.15 Å². The van der Waals surface area contributed by atoms with Gasteiger partial charge >= 0.3 is 44.1 Å². The summed E-state index contributed by atoms with van der Waals surface area (Å²) in [4.78, 5) is 30.7. The topological polar surface area (TPSA) is 187 Å². The van der Waals surface area contributed by atoms with Gasteiger partial charge < -0.3 is 31.7 Å². The molecular weight excluding hydrogens is 423 g/mol. The van der Waals surface area contributed by atoms with Crippen LogP contribution >= 0.6 is 0 Å². The van der Waals surface area contributed by atoms with Crippen molar-refractivity contribution in [1.29, 1.82) is 0 Å². The van der Waals surface area contributed by atoms with E-state index in [1.807, 2.05) is 0 Å². The fourth-order valence-electron chi connectivity index (χ4n) is 0.724. The Morgan fingerprint density at radius 3 is 1.69 bits per heavy atom. The Morgan fingerprint density at radius 1 is 1.12 bits per heavy atom. The van der Waals surface area contributed by atoms with Crippen molar-refractivity contribution in [2.45, 2.75) is 18.1 Å². The Hall–Kier alpha value is -0.827. The molecule has 9 nitrogen and oxygen atoms in total. The molecule has 0 aliphatic carbocycles. The van der Waals surface area contributed by atoms with Gasteiger partial charge in [-0.05, 0) is 0 Å². The van der Waals surface area contributed by atoms with E-state index in [9.17, 15) is 14.4 Å². The van der Waals surface area contributed by atoms with Gasteiger partial charge in [0.15, 0.2) is 6.10 Å². The van der Waals surface area contributed by atoms with E-state index < -0.39 is 36.0 Å². The van der Waals surface area contributed by atoms with Crippen LogP contribution in [-0.4, -0.2) is 81.3 Å². The molecule has 0 aromatic heterocycles. The summed E-state index contributed by atoms with van der Waals surface area (Å²) in [5.41, 5.74) is -3.22. The quantitative estimate of drug-likeness (QED) is 0.240. The molecule has 0 heterocycles. The third-order valence-electron chi connectivity index (χ3n) is 1.48. The van der Waals surface area contributed by atoms with E-state index in [-0.39, 0.29) is 32.4 Å². The Balaban J connectivity index is -0.000000845. The van der Waals surface area contributed by atoms with E-state index in [2.05, 4.69) is 0 Å². The zero-order valence-electron chi connectivity index (χ0n) is 8.16. The van der Waals surface area contributed by atoms with Crippen molar-refractivity contribution in [3.05, 3.63) is 0 Å². The molecule has 0 spiro atoms. The van der Waals surface area contributed by atoms with Gasteiger partial charge in [-0.15, -0.1) is 0 Å². The third-order valence-corrected chi connectivity index (χ3v) is 1.48. The molecule has 0 saturated carbocycles. The van der Waals surface area contributed by atoms with Gasteiger partial charge in [0.25, 0.3) is 0 Å². The molecular formula is C6H14BiNO8. The average molecular weight is 437 g/mol. The van der Waals surface area contributed by atoms with Crippen LogP contribution in [0.25, 0.3) is 0 Å². The van der Waals surface area contributed by atoms with Gasteiger partial charge in [0.1, 0.15) is 0 Å². The van der Waals surface area contributed by atoms with Crippen LogP contribution in [0.3, 0.4) is 0 Å². The fraction of sp³-hybridized carbons (Fsp3) is 0.500. The Morgan fingerprint density at radius 2 is 1.50 bits per heavy atom. The van der Waals surface area contributed by atoms with E-state index in [1.165, 1.54) is 0 Å². The van der Waals surface area contributed by atoms with Crippen molar-refractivity contribution in [3.8, 4) is 0 Å². The van der Waals surface area contributed by atoms with Crippen LogP contribution in [0.1, 0.15) is 6.42 Å².